The number of nitro groups is 1. The summed E-state index contributed by atoms with van der Waals surface area (Å²) in [6.45, 7) is 0. The van der Waals surface area contributed by atoms with Crippen molar-refractivity contribution in [3.05, 3.63) is 52.6 Å². The van der Waals surface area contributed by atoms with Crippen molar-refractivity contribution in [2.75, 3.05) is 4.72 Å². The Labute approximate surface area is 123 Å². The molecule has 0 radical (unpaired) electrons. The van der Waals surface area contributed by atoms with Crippen LogP contribution in [0, 0.1) is 10.1 Å². The van der Waals surface area contributed by atoms with Crippen LogP contribution in [0.4, 0.5) is 11.4 Å². The lowest BCUT2D eigenvalue weighted by atomic mass is 10.3. The van der Waals surface area contributed by atoms with Gasteiger partial charge in [0, 0.05) is 17.8 Å². The zero-order valence-corrected chi connectivity index (χ0v) is 11.6. The lowest BCUT2D eigenvalue weighted by Gasteiger charge is -2.07. The van der Waals surface area contributed by atoms with Gasteiger partial charge in [0.2, 0.25) is 0 Å². The number of sulfonamides is 1. The lowest BCUT2D eigenvalue weighted by molar-refractivity contribution is -0.384. The van der Waals surface area contributed by atoms with Crippen molar-refractivity contribution in [2.45, 2.75) is 4.90 Å². The van der Waals surface area contributed by atoms with E-state index in [-0.39, 0.29) is 21.8 Å². The summed E-state index contributed by atoms with van der Waals surface area (Å²) in [5.41, 5.74) is 0.480. The fourth-order valence-electron chi connectivity index (χ4n) is 1.86. The SMILES string of the molecule is O=[N+]([O-])c1ccc(NS(=O)(=O)c2cccc3nonc23)cc1. The summed E-state index contributed by atoms with van der Waals surface area (Å²) in [5, 5.41) is 17.7. The second kappa shape index (κ2) is 5.07. The molecule has 3 aromatic rings. The molecule has 0 spiro atoms. The maximum absolute atomic E-state index is 12.4. The standard InChI is InChI=1S/C12H8N4O5S/c17-16(18)9-6-4-8(5-7-9)15-22(19,20)11-3-1-2-10-12(11)14-21-13-10/h1-7,15H. The molecule has 1 N–H and O–H groups in total. The first-order valence-corrected chi connectivity index (χ1v) is 7.44. The summed E-state index contributed by atoms with van der Waals surface area (Å²) >= 11 is 0. The summed E-state index contributed by atoms with van der Waals surface area (Å²) < 4.78 is 31.6. The third kappa shape index (κ3) is 2.46. The van der Waals surface area contributed by atoms with Gasteiger partial charge in [-0.1, -0.05) is 6.07 Å². The Balaban J connectivity index is 1.97. The van der Waals surface area contributed by atoms with Crippen LogP contribution in [0.1, 0.15) is 0 Å². The number of benzene rings is 2. The number of fused-ring (bicyclic) bond motifs is 1. The number of hydrogen-bond acceptors (Lipinski definition) is 7. The van der Waals surface area contributed by atoms with Gasteiger partial charge < -0.3 is 0 Å². The molecular weight excluding hydrogens is 312 g/mol. The molecule has 0 fully saturated rings. The fourth-order valence-corrected chi connectivity index (χ4v) is 3.07. The summed E-state index contributed by atoms with van der Waals surface area (Å²) in [6.07, 6.45) is 0. The largest absolute Gasteiger partial charge is 0.280 e. The van der Waals surface area contributed by atoms with E-state index in [2.05, 4.69) is 19.7 Å². The summed E-state index contributed by atoms with van der Waals surface area (Å²) in [7, 11) is -3.93. The topological polar surface area (TPSA) is 128 Å². The quantitative estimate of drug-likeness (QED) is 0.574. The van der Waals surface area contributed by atoms with E-state index in [1.54, 1.807) is 6.07 Å². The van der Waals surface area contributed by atoms with E-state index in [1.807, 2.05) is 0 Å². The first-order chi connectivity index (χ1) is 10.5. The molecule has 22 heavy (non-hydrogen) atoms. The highest BCUT2D eigenvalue weighted by molar-refractivity contribution is 7.93. The predicted octanol–water partition coefficient (Wildman–Crippen LogP) is 1.93. The highest BCUT2D eigenvalue weighted by atomic mass is 32.2. The van der Waals surface area contributed by atoms with E-state index in [0.29, 0.717) is 5.52 Å². The number of nitrogens with one attached hydrogen (secondary N) is 1. The Hall–Kier alpha value is -3.01. The third-order valence-electron chi connectivity index (χ3n) is 2.87. The van der Waals surface area contributed by atoms with E-state index in [9.17, 15) is 18.5 Å². The van der Waals surface area contributed by atoms with Crippen molar-refractivity contribution in [2.24, 2.45) is 0 Å². The number of hydrogen-bond donors (Lipinski definition) is 1. The molecule has 0 saturated heterocycles. The second-order valence-corrected chi connectivity index (χ2v) is 5.95. The Kier molecular flexibility index (Phi) is 3.22. The average Bonchev–Trinajstić information content (AvgIpc) is 2.95. The molecule has 0 saturated carbocycles. The lowest BCUT2D eigenvalue weighted by Crippen LogP contribution is -2.13. The van der Waals surface area contributed by atoms with Gasteiger partial charge in [-0.3, -0.25) is 14.8 Å². The van der Waals surface area contributed by atoms with E-state index >= 15 is 0 Å². The Morgan fingerprint density at radius 3 is 2.50 bits per heavy atom. The van der Waals surface area contributed by atoms with Crippen molar-refractivity contribution in [3.63, 3.8) is 0 Å². The van der Waals surface area contributed by atoms with Crippen LogP contribution in [0.25, 0.3) is 11.0 Å². The Morgan fingerprint density at radius 2 is 1.82 bits per heavy atom. The molecule has 1 aromatic heterocycles. The monoisotopic (exact) mass is 320 g/mol. The number of non-ortho nitro benzene ring substituents is 1. The van der Waals surface area contributed by atoms with Gasteiger partial charge in [-0.15, -0.1) is 0 Å². The van der Waals surface area contributed by atoms with Gasteiger partial charge in [-0.05, 0) is 34.6 Å². The maximum atomic E-state index is 12.4. The highest BCUT2D eigenvalue weighted by Crippen LogP contribution is 2.23. The van der Waals surface area contributed by atoms with Gasteiger partial charge in [-0.25, -0.2) is 13.0 Å². The minimum absolute atomic E-state index is 0.0930. The van der Waals surface area contributed by atoms with E-state index in [1.165, 1.54) is 36.4 Å². The molecule has 10 heteroatoms. The van der Waals surface area contributed by atoms with Crippen LogP contribution < -0.4 is 4.72 Å². The molecule has 9 nitrogen and oxygen atoms in total. The fraction of sp³-hybridized carbons (Fsp3) is 0. The van der Waals surface area contributed by atoms with Gasteiger partial charge in [-0.2, -0.15) is 0 Å². The van der Waals surface area contributed by atoms with Crippen LogP contribution in [0.3, 0.4) is 0 Å². The minimum Gasteiger partial charge on any atom is -0.280 e. The van der Waals surface area contributed by atoms with Crippen molar-refractivity contribution in [1.29, 1.82) is 0 Å². The summed E-state index contributed by atoms with van der Waals surface area (Å²) in [4.78, 5) is 9.91. The maximum Gasteiger partial charge on any atom is 0.269 e. The molecule has 112 valence electrons. The van der Waals surface area contributed by atoms with Gasteiger partial charge in [0.15, 0.2) is 5.52 Å². The van der Waals surface area contributed by atoms with Crippen LogP contribution in [-0.2, 0) is 10.0 Å². The third-order valence-corrected chi connectivity index (χ3v) is 4.28. The van der Waals surface area contributed by atoms with E-state index < -0.39 is 14.9 Å². The first kappa shape index (κ1) is 13.9. The summed E-state index contributed by atoms with van der Waals surface area (Å²) in [6, 6.07) is 9.45. The zero-order chi connectivity index (χ0) is 15.7. The smallest absolute Gasteiger partial charge is 0.269 e. The molecule has 0 aliphatic rings. The molecule has 2 aromatic carbocycles. The number of nitro benzene ring substituents is 1. The number of anilines is 1. The van der Waals surface area contributed by atoms with Crippen LogP contribution >= 0.6 is 0 Å². The Morgan fingerprint density at radius 1 is 1.09 bits per heavy atom. The van der Waals surface area contributed by atoms with Crippen molar-refractivity contribution < 1.29 is 18.0 Å². The van der Waals surface area contributed by atoms with Crippen LogP contribution in [-0.4, -0.2) is 23.7 Å². The first-order valence-electron chi connectivity index (χ1n) is 5.96. The van der Waals surface area contributed by atoms with Crippen LogP contribution in [0.2, 0.25) is 0 Å². The normalized spacial score (nSPS) is 11.5. The minimum atomic E-state index is -3.93. The van der Waals surface area contributed by atoms with Gasteiger partial charge >= 0.3 is 0 Å². The van der Waals surface area contributed by atoms with Gasteiger partial charge in [0.25, 0.3) is 15.7 Å². The Bertz CT molecular complexity index is 949. The molecule has 0 aliphatic carbocycles. The molecule has 1 heterocycles. The number of aromatic nitrogens is 2. The second-order valence-electron chi connectivity index (χ2n) is 4.30. The van der Waals surface area contributed by atoms with Gasteiger partial charge in [0.05, 0.1) is 4.92 Å². The highest BCUT2D eigenvalue weighted by Gasteiger charge is 2.20. The summed E-state index contributed by atoms with van der Waals surface area (Å²) in [5.74, 6) is 0. The molecular formula is C12H8N4O5S. The zero-order valence-electron chi connectivity index (χ0n) is 10.8. The van der Waals surface area contributed by atoms with Crippen LogP contribution in [0.5, 0.6) is 0 Å². The van der Waals surface area contributed by atoms with Crippen LogP contribution in [0.15, 0.2) is 52.0 Å². The van der Waals surface area contributed by atoms with E-state index in [4.69, 9.17) is 0 Å². The van der Waals surface area contributed by atoms with Crippen molar-refractivity contribution in [3.8, 4) is 0 Å². The molecule has 0 amide bonds. The number of rotatable bonds is 4. The number of nitrogens with zero attached hydrogens (tertiary/aromatic N) is 3. The molecule has 0 unspecified atom stereocenters. The molecule has 0 bridgehead atoms. The molecule has 0 aliphatic heterocycles. The van der Waals surface area contributed by atoms with E-state index in [0.717, 1.165) is 0 Å². The average molecular weight is 320 g/mol. The predicted molar refractivity (Wildman–Crippen MR) is 75.7 cm³/mol. The van der Waals surface area contributed by atoms with Crippen molar-refractivity contribution >= 4 is 32.4 Å². The molecule has 3 rings (SSSR count). The van der Waals surface area contributed by atoms with Gasteiger partial charge in [0.1, 0.15) is 10.4 Å². The molecule has 0 atom stereocenters. The van der Waals surface area contributed by atoms with Crippen molar-refractivity contribution in [1.82, 2.24) is 10.3 Å².